The average Bonchev–Trinajstić information content (AvgIpc) is 3.07. The molecule has 1 aromatic carbocycles. The van der Waals surface area contributed by atoms with Gasteiger partial charge in [0.2, 0.25) is 0 Å². The number of rotatable bonds is 2. The molecule has 0 N–H and O–H groups in total. The Hall–Kier alpha value is -2.56. The lowest BCUT2D eigenvalue weighted by molar-refractivity contribution is -0.144. The summed E-state index contributed by atoms with van der Waals surface area (Å²) in [6, 6.07) is 8.93. The largest absolute Gasteiger partial charge is 0.496 e. The zero-order chi connectivity index (χ0) is 16.0. The minimum Gasteiger partial charge on any atom is -0.496 e. The highest BCUT2D eigenvalue weighted by molar-refractivity contribution is 5.89. The monoisotopic (exact) mass is 312 g/mol. The molecule has 118 valence electrons. The van der Waals surface area contributed by atoms with Crippen LogP contribution in [0.15, 0.2) is 41.0 Å². The number of furan rings is 1. The van der Waals surface area contributed by atoms with E-state index >= 15 is 0 Å². The molecule has 0 amide bonds. The van der Waals surface area contributed by atoms with Crippen molar-refractivity contribution in [3.8, 4) is 11.5 Å². The van der Waals surface area contributed by atoms with Crippen molar-refractivity contribution >= 4 is 11.8 Å². The van der Waals surface area contributed by atoms with Gasteiger partial charge in [0.15, 0.2) is 0 Å². The van der Waals surface area contributed by atoms with Crippen LogP contribution in [0.2, 0.25) is 0 Å². The molecule has 0 spiro atoms. The number of carbonyl (C=O) groups excluding carboxylic acids is 2. The molecule has 1 aliphatic heterocycles. The Bertz CT molecular complexity index is 762. The first-order chi connectivity index (χ1) is 11.2. The molecular formula is C18H16O5. The Morgan fingerprint density at radius 3 is 2.65 bits per heavy atom. The van der Waals surface area contributed by atoms with E-state index in [4.69, 9.17) is 13.9 Å². The molecule has 23 heavy (non-hydrogen) atoms. The third-order valence-corrected chi connectivity index (χ3v) is 4.77. The molecule has 0 saturated heterocycles. The van der Waals surface area contributed by atoms with E-state index in [-0.39, 0.29) is 23.6 Å². The minimum absolute atomic E-state index is 0.124. The average molecular weight is 312 g/mol. The van der Waals surface area contributed by atoms with Gasteiger partial charge in [0.25, 0.3) is 0 Å². The molecule has 1 aliphatic carbocycles. The van der Waals surface area contributed by atoms with Crippen LogP contribution in [0.25, 0.3) is 0 Å². The summed E-state index contributed by atoms with van der Waals surface area (Å²) >= 11 is 0. The Morgan fingerprint density at radius 2 is 1.91 bits per heavy atom. The highest BCUT2D eigenvalue weighted by atomic mass is 16.5. The van der Waals surface area contributed by atoms with Gasteiger partial charge < -0.3 is 13.9 Å². The zero-order valence-electron chi connectivity index (χ0n) is 12.7. The fraction of sp³-hybridized carbons (Fsp3) is 0.333. The van der Waals surface area contributed by atoms with Gasteiger partial charge in [-0.15, -0.1) is 0 Å². The number of esters is 1. The van der Waals surface area contributed by atoms with Crippen molar-refractivity contribution in [3.63, 3.8) is 0 Å². The summed E-state index contributed by atoms with van der Waals surface area (Å²) < 4.78 is 16.4. The van der Waals surface area contributed by atoms with Gasteiger partial charge in [0.05, 0.1) is 19.3 Å². The van der Waals surface area contributed by atoms with Crippen LogP contribution in [0.3, 0.4) is 0 Å². The topological polar surface area (TPSA) is 65.7 Å². The zero-order valence-corrected chi connectivity index (χ0v) is 12.7. The quantitative estimate of drug-likeness (QED) is 0.630. The Balaban J connectivity index is 1.85. The van der Waals surface area contributed by atoms with E-state index in [2.05, 4.69) is 0 Å². The van der Waals surface area contributed by atoms with Crippen molar-refractivity contribution < 1.29 is 23.5 Å². The van der Waals surface area contributed by atoms with E-state index in [1.165, 1.54) is 0 Å². The summed E-state index contributed by atoms with van der Waals surface area (Å²) in [5.74, 6) is 0.664. The van der Waals surface area contributed by atoms with Gasteiger partial charge in [-0.05, 0) is 24.3 Å². The number of hydrogen-bond acceptors (Lipinski definition) is 5. The maximum Gasteiger partial charge on any atom is 0.315 e. The number of fused-ring (bicyclic) bond motifs is 3. The van der Waals surface area contributed by atoms with Gasteiger partial charge >= 0.3 is 5.97 Å². The molecular weight excluding hydrogens is 296 g/mol. The third-order valence-electron chi connectivity index (χ3n) is 4.77. The summed E-state index contributed by atoms with van der Waals surface area (Å²) in [5.41, 5.74) is 0.809. The fourth-order valence-electron chi connectivity index (χ4n) is 3.83. The van der Waals surface area contributed by atoms with Gasteiger partial charge in [0, 0.05) is 30.2 Å². The molecule has 2 heterocycles. The first-order valence-electron chi connectivity index (χ1n) is 7.62. The molecule has 1 aromatic heterocycles. The summed E-state index contributed by atoms with van der Waals surface area (Å²) in [6.07, 6.45) is 2.19. The number of methoxy groups -OCH3 is 1. The number of ketones is 1. The van der Waals surface area contributed by atoms with E-state index in [0.717, 1.165) is 5.56 Å². The number of carbonyl (C=O) groups is 2. The van der Waals surface area contributed by atoms with E-state index in [9.17, 15) is 9.59 Å². The minimum atomic E-state index is -0.428. The number of Topliss-reactive ketones (excluding diaryl/α,β-unsaturated/α-hetero) is 1. The maximum atomic E-state index is 12.6. The molecule has 3 atom stereocenters. The molecule has 2 aromatic rings. The smallest absolute Gasteiger partial charge is 0.315 e. The van der Waals surface area contributed by atoms with Crippen LogP contribution in [0.4, 0.5) is 0 Å². The van der Waals surface area contributed by atoms with Crippen molar-refractivity contribution in [2.75, 3.05) is 7.11 Å². The van der Waals surface area contributed by atoms with Crippen LogP contribution in [0, 0.1) is 5.92 Å². The molecule has 5 heteroatoms. The van der Waals surface area contributed by atoms with Gasteiger partial charge in [-0.3, -0.25) is 9.59 Å². The first kappa shape index (κ1) is 14.1. The van der Waals surface area contributed by atoms with Crippen LogP contribution < -0.4 is 9.47 Å². The SMILES string of the molecule is COc1cccc2c1C1CC(=O)C[C@H](c3ccco3)[C@H]1C(=O)O2. The second-order valence-electron chi connectivity index (χ2n) is 5.99. The highest BCUT2D eigenvalue weighted by Gasteiger charge is 2.49. The van der Waals surface area contributed by atoms with E-state index < -0.39 is 5.92 Å². The maximum absolute atomic E-state index is 12.6. The fourth-order valence-corrected chi connectivity index (χ4v) is 3.83. The van der Waals surface area contributed by atoms with Crippen molar-refractivity contribution in [1.82, 2.24) is 0 Å². The van der Waals surface area contributed by atoms with Crippen molar-refractivity contribution in [2.45, 2.75) is 24.7 Å². The van der Waals surface area contributed by atoms with Crippen molar-refractivity contribution in [1.29, 1.82) is 0 Å². The van der Waals surface area contributed by atoms with Crippen LogP contribution in [0.5, 0.6) is 11.5 Å². The van der Waals surface area contributed by atoms with E-state index in [1.807, 2.05) is 12.1 Å². The van der Waals surface area contributed by atoms with Crippen LogP contribution in [-0.4, -0.2) is 18.9 Å². The first-order valence-corrected chi connectivity index (χ1v) is 7.62. The van der Waals surface area contributed by atoms with Crippen molar-refractivity contribution in [2.24, 2.45) is 5.92 Å². The molecule has 1 unspecified atom stereocenters. The molecule has 1 saturated carbocycles. The summed E-state index contributed by atoms with van der Waals surface area (Å²) in [7, 11) is 1.58. The molecule has 0 radical (unpaired) electrons. The second-order valence-corrected chi connectivity index (χ2v) is 5.99. The molecule has 4 rings (SSSR count). The Kier molecular flexibility index (Phi) is 3.22. The number of hydrogen-bond donors (Lipinski definition) is 0. The van der Waals surface area contributed by atoms with Crippen LogP contribution in [-0.2, 0) is 9.59 Å². The van der Waals surface area contributed by atoms with Gasteiger partial charge in [0.1, 0.15) is 23.0 Å². The lowest BCUT2D eigenvalue weighted by atomic mass is 9.66. The number of ether oxygens (including phenoxy) is 2. The Morgan fingerprint density at radius 1 is 1.09 bits per heavy atom. The number of benzene rings is 1. The van der Waals surface area contributed by atoms with Crippen LogP contribution >= 0.6 is 0 Å². The molecule has 0 bridgehead atoms. The normalized spacial score (nSPS) is 26.2. The molecule has 1 fully saturated rings. The summed E-state index contributed by atoms with van der Waals surface area (Å²) in [5, 5.41) is 0. The summed E-state index contributed by atoms with van der Waals surface area (Å²) in [6.45, 7) is 0. The van der Waals surface area contributed by atoms with Crippen LogP contribution in [0.1, 0.15) is 36.0 Å². The standard InChI is InChI=1S/C18H16O5/c1-21-14-4-2-5-15-17(14)12-9-10(19)8-11(13-6-3-7-22-13)16(12)18(20)23-15/h2-7,11-12,16H,8-9H2,1H3/t11-,12?,16-/m1/s1. The predicted molar refractivity (Wildman–Crippen MR) is 80.6 cm³/mol. The van der Waals surface area contributed by atoms with E-state index in [0.29, 0.717) is 30.1 Å². The third kappa shape index (κ3) is 2.15. The van der Waals surface area contributed by atoms with Gasteiger partial charge in [-0.1, -0.05) is 6.07 Å². The van der Waals surface area contributed by atoms with Gasteiger partial charge in [-0.2, -0.15) is 0 Å². The molecule has 5 nitrogen and oxygen atoms in total. The highest BCUT2D eigenvalue weighted by Crippen LogP contribution is 2.52. The Labute approximate surface area is 133 Å². The second kappa shape index (κ2) is 5.26. The predicted octanol–water partition coefficient (Wildman–Crippen LogP) is 3.05. The lowest BCUT2D eigenvalue weighted by Crippen LogP contribution is -2.41. The summed E-state index contributed by atoms with van der Waals surface area (Å²) in [4.78, 5) is 24.9. The van der Waals surface area contributed by atoms with Gasteiger partial charge in [-0.25, -0.2) is 0 Å². The lowest BCUT2D eigenvalue weighted by Gasteiger charge is -2.39. The van der Waals surface area contributed by atoms with Crippen molar-refractivity contribution in [3.05, 3.63) is 47.9 Å². The van der Waals surface area contributed by atoms with E-state index in [1.54, 1.807) is 31.6 Å². The molecule has 2 aliphatic rings.